The highest BCUT2D eigenvalue weighted by atomic mass is 16.1. The van der Waals surface area contributed by atoms with Crippen molar-refractivity contribution < 1.29 is 4.79 Å². The third kappa shape index (κ3) is 2.68. The van der Waals surface area contributed by atoms with Gasteiger partial charge in [-0.2, -0.15) is 0 Å². The fourth-order valence-corrected chi connectivity index (χ4v) is 2.05. The van der Waals surface area contributed by atoms with E-state index in [1.165, 1.54) is 5.56 Å². The number of carbonyl (C=O) groups excluding carboxylic acids is 1. The van der Waals surface area contributed by atoms with Crippen LogP contribution in [-0.2, 0) is 6.54 Å². The molecule has 1 fully saturated rings. The van der Waals surface area contributed by atoms with E-state index >= 15 is 0 Å². The Balaban J connectivity index is 1.99. The predicted molar refractivity (Wildman–Crippen MR) is 64.6 cm³/mol. The van der Waals surface area contributed by atoms with E-state index in [2.05, 4.69) is 17.1 Å². The van der Waals surface area contributed by atoms with E-state index in [4.69, 9.17) is 0 Å². The van der Waals surface area contributed by atoms with Crippen molar-refractivity contribution in [3.8, 4) is 0 Å². The normalized spacial score (nSPS) is 21.9. The second-order valence-corrected chi connectivity index (χ2v) is 4.38. The predicted octanol–water partition coefficient (Wildman–Crippen LogP) is 1.29. The average Bonchev–Trinajstić information content (AvgIpc) is 2.33. The summed E-state index contributed by atoms with van der Waals surface area (Å²) in [5.74, 6) is 0. The molecular weight excluding hydrogens is 200 g/mol. The first-order valence-corrected chi connectivity index (χ1v) is 5.78. The Kier molecular flexibility index (Phi) is 3.70. The number of carbonyl (C=O) groups is 1. The topological polar surface area (TPSA) is 32.3 Å². The van der Waals surface area contributed by atoms with E-state index in [9.17, 15) is 4.79 Å². The first-order chi connectivity index (χ1) is 7.79. The van der Waals surface area contributed by atoms with Crippen molar-refractivity contribution >= 4 is 6.29 Å². The maximum absolute atomic E-state index is 10.5. The van der Waals surface area contributed by atoms with Gasteiger partial charge in [0.15, 0.2) is 0 Å². The van der Waals surface area contributed by atoms with Gasteiger partial charge < -0.3 is 5.32 Å². The maximum atomic E-state index is 10.5. The van der Waals surface area contributed by atoms with Crippen molar-refractivity contribution in [1.82, 2.24) is 10.2 Å². The van der Waals surface area contributed by atoms with E-state index in [0.29, 0.717) is 6.04 Å². The average molecular weight is 218 g/mol. The molecule has 0 radical (unpaired) electrons. The second kappa shape index (κ2) is 5.23. The van der Waals surface area contributed by atoms with E-state index in [0.717, 1.165) is 38.0 Å². The molecule has 1 unspecified atom stereocenters. The monoisotopic (exact) mass is 218 g/mol. The molecule has 3 nitrogen and oxygen atoms in total. The molecule has 1 saturated heterocycles. The summed E-state index contributed by atoms with van der Waals surface area (Å²) in [5.41, 5.74) is 2.02. The fourth-order valence-electron chi connectivity index (χ4n) is 2.05. The van der Waals surface area contributed by atoms with Crippen LogP contribution in [0.25, 0.3) is 0 Å². The van der Waals surface area contributed by atoms with Crippen LogP contribution in [0.5, 0.6) is 0 Å². The Morgan fingerprint density at radius 1 is 1.44 bits per heavy atom. The van der Waals surface area contributed by atoms with Crippen LogP contribution >= 0.6 is 0 Å². The van der Waals surface area contributed by atoms with Crippen molar-refractivity contribution in [2.45, 2.75) is 19.5 Å². The molecule has 1 aliphatic heterocycles. The van der Waals surface area contributed by atoms with E-state index in [-0.39, 0.29) is 0 Å². The van der Waals surface area contributed by atoms with Gasteiger partial charge in [-0.25, -0.2) is 0 Å². The molecule has 1 heterocycles. The molecular formula is C13H18N2O. The summed E-state index contributed by atoms with van der Waals surface area (Å²) in [7, 11) is 0. The third-order valence-corrected chi connectivity index (χ3v) is 3.14. The lowest BCUT2D eigenvalue weighted by atomic mass is 10.1. The van der Waals surface area contributed by atoms with Crippen molar-refractivity contribution in [2.24, 2.45) is 0 Å². The summed E-state index contributed by atoms with van der Waals surface area (Å²) in [6.07, 6.45) is 0.886. The van der Waals surface area contributed by atoms with Gasteiger partial charge >= 0.3 is 0 Å². The van der Waals surface area contributed by atoms with Crippen molar-refractivity contribution in [2.75, 3.05) is 19.6 Å². The van der Waals surface area contributed by atoms with Crippen LogP contribution in [0.1, 0.15) is 22.8 Å². The summed E-state index contributed by atoms with van der Waals surface area (Å²) >= 11 is 0. The maximum Gasteiger partial charge on any atom is 0.150 e. The lowest BCUT2D eigenvalue weighted by molar-refractivity contribution is 0.112. The highest BCUT2D eigenvalue weighted by Gasteiger charge is 2.17. The van der Waals surface area contributed by atoms with Crippen LogP contribution in [0.2, 0.25) is 0 Å². The van der Waals surface area contributed by atoms with Crippen LogP contribution in [-0.4, -0.2) is 36.9 Å². The molecule has 0 aromatic heterocycles. The molecule has 1 aliphatic rings. The second-order valence-electron chi connectivity index (χ2n) is 4.38. The Hall–Kier alpha value is -1.19. The van der Waals surface area contributed by atoms with Gasteiger partial charge in [-0.05, 0) is 12.5 Å². The fraction of sp³-hybridized carbons (Fsp3) is 0.462. The molecule has 3 heteroatoms. The molecule has 0 spiro atoms. The first kappa shape index (κ1) is 11.3. The Bertz CT molecular complexity index is 347. The number of hydrogen-bond donors (Lipinski definition) is 1. The zero-order valence-corrected chi connectivity index (χ0v) is 9.65. The Morgan fingerprint density at radius 2 is 2.19 bits per heavy atom. The van der Waals surface area contributed by atoms with Crippen LogP contribution in [0.4, 0.5) is 0 Å². The minimum absolute atomic E-state index is 0.583. The molecule has 1 atom stereocenters. The highest BCUT2D eigenvalue weighted by molar-refractivity contribution is 5.74. The van der Waals surface area contributed by atoms with Crippen molar-refractivity contribution in [3.63, 3.8) is 0 Å². The van der Waals surface area contributed by atoms with Crippen molar-refractivity contribution in [1.29, 1.82) is 0 Å². The zero-order valence-electron chi connectivity index (χ0n) is 9.65. The highest BCUT2D eigenvalue weighted by Crippen LogP contribution is 2.10. The Labute approximate surface area is 96.5 Å². The molecule has 2 rings (SSSR count). The van der Waals surface area contributed by atoms with Crippen LogP contribution in [0, 0.1) is 0 Å². The van der Waals surface area contributed by atoms with Crippen molar-refractivity contribution in [3.05, 3.63) is 35.4 Å². The summed E-state index contributed by atoms with van der Waals surface area (Å²) in [6.45, 7) is 6.44. The summed E-state index contributed by atoms with van der Waals surface area (Å²) in [6, 6.07) is 8.43. The zero-order chi connectivity index (χ0) is 11.4. The van der Waals surface area contributed by atoms with Gasteiger partial charge in [0.1, 0.15) is 6.29 Å². The summed E-state index contributed by atoms with van der Waals surface area (Å²) < 4.78 is 0. The summed E-state index contributed by atoms with van der Waals surface area (Å²) in [5, 5.41) is 3.38. The van der Waals surface area contributed by atoms with Gasteiger partial charge in [-0.3, -0.25) is 9.69 Å². The molecule has 1 N–H and O–H groups in total. The molecule has 0 aliphatic carbocycles. The quantitative estimate of drug-likeness (QED) is 0.776. The minimum atomic E-state index is 0.583. The largest absolute Gasteiger partial charge is 0.314 e. The number of hydrogen-bond acceptors (Lipinski definition) is 3. The van der Waals surface area contributed by atoms with Gasteiger partial charge in [0.05, 0.1) is 0 Å². The number of benzene rings is 1. The summed E-state index contributed by atoms with van der Waals surface area (Å²) in [4.78, 5) is 13.0. The number of rotatable bonds is 3. The molecule has 1 aromatic carbocycles. The molecule has 0 amide bonds. The SMILES string of the molecule is CC1CNCCN1Cc1ccc(C=O)cc1. The Morgan fingerprint density at radius 3 is 2.81 bits per heavy atom. The molecule has 1 aromatic rings. The van der Waals surface area contributed by atoms with Gasteiger partial charge in [0.2, 0.25) is 0 Å². The smallest absolute Gasteiger partial charge is 0.150 e. The number of piperazine rings is 1. The number of aldehydes is 1. The molecule has 0 saturated carbocycles. The van der Waals surface area contributed by atoms with Gasteiger partial charge in [-0.15, -0.1) is 0 Å². The lowest BCUT2D eigenvalue weighted by Crippen LogP contribution is -2.49. The van der Waals surface area contributed by atoms with Gasteiger partial charge in [-0.1, -0.05) is 24.3 Å². The lowest BCUT2D eigenvalue weighted by Gasteiger charge is -2.33. The molecule has 0 bridgehead atoms. The number of nitrogens with one attached hydrogen (secondary N) is 1. The van der Waals surface area contributed by atoms with E-state index in [1.807, 2.05) is 24.3 Å². The van der Waals surface area contributed by atoms with Gasteiger partial charge in [0, 0.05) is 37.8 Å². The van der Waals surface area contributed by atoms with Crippen LogP contribution in [0.15, 0.2) is 24.3 Å². The van der Waals surface area contributed by atoms with E-state index in [1.54, 1.807) is 0 Å². The van der Waals surface area contributed by atoms with Crippen LogP contribution < -0.4 is 5.32 Å². The standard InChI is InChI=1S/C13H18N2O/c1-11-8-14-6-7-15(11)9-12-2-4-13(10-16)5-3-12/h2-5,10-11,14H,6-9H2,1H3. The van der Waals surface area contributed by atoms with E-state index < -0.39 is 0 Å². The molecule has 16 heavy (non-hydrogen) atoms. The number of nitrogens with zero attached hydrogens (tertiary/aromatic N) is 1. The third-order valence-electron chi connectivity index (χ3n) is 3.14. The minimum Gasteiger partial charge on any atom is -0.314 e. The first-order valence-electron chi connectivity index (χ1n) is 5.78. The van der Waals surface area contributed by atoms with Gasteiger partial charge in [0.25, 0.3) is 0 Å². The molecule has 86 valence electrons. The van der Waals surface area contributed by atoms with Crippen LogP contribution in [0.3, 0.4) is 0 Å².